The highest BCUT2D eigenvalue weighted by Gasteiger charge is 2.21. The molecule has 2 aromatic heterocycles. The molecule has 2 heterocycles. The van der Waals surface area contributed by atoms with E-state index in [0.29, 0.717) is 11.3 Å². The Morgan fingerprint density at radius 2 is 1.94 bits per heavy atom. The fraction of sp³-hybridized carbons (Fsp3) is 0.400. The van der Waals surface area contributed by atoms with Crippen molar-refractivity contribution in [3.8, 4) is 0 Å². The van der Waals surface area contributed by atoms with E-state index in [9.17, 15) is 4.79 Å². The molecule has 0 aromatic carbocycles. The van der Waals surface area contributed by atoms with Crippen LogP contribution < -0.4 is 0 Å². The van der Waals surface area contributed by atoms with Gasteiger partial charge in [-0.1, -0.05) is 5.21 Å². The molecule has 0 saturated heterocycles. The normalized spacial score (nSPS) is 10.8. The molecule has 6 heteroatoms. The van der Waals surface area contributed by atoms with Crippen LogP contribution >= 0.6 is 0 Å². The van der Waals surface area contributed by atoms with Gasteiger partial charge in [0, 0.05) is 19.8 Å². The van der Waals surface area contributed by atoms with Crippen molar-refractivity contribution in [3.05, 3.63) is 28.8 Å². The van der Waals surface area contributed by atoms with Crippen LogP contribution in [-0.4, -0.2) is 30.6 Å². The Kier molecular flexibility index (Phi) is 2.34. The lowest BCUT2D eigenvalue weighted by Gasteiger charge is -2.00. The monoisotopic (exact) mass is 219 g/mol. The fourth-order valence-corrected chi connectivity index (χ4v) is 1.73. The zero-order valence-corrected chi connectivity index (χ0v) is 9.72. The molecule has 84 valence electrons. The van der Waals surface area contributed by atoms with Gasteiger partial charge in [0.15, 0.2) is 0 Å². The van der Waals surface area contributed by atoms with E-state index in [1.807, 2.05) is 20.9 Å². The highest BCUT2D eigenvalue weighted by molar-refractivity contribution is 6.09. The van der Waals surface area contributed by atoms with Gasteiger partial charge >= 0.3 is 0 Å². The molecular weight excluding hydrogens is 206 g/mol. The first-order valence-corrected chi connectivity index (χ1v) is 4.92. The molecule has 2 rings (SSSR count). The van der Waals surface area contributed by atoms with Crippen molar-refractivity contribution in [2.75, 3.05) is 0 Å². The SMILES string of the molecule is Cc1nn(C)c(C)c1C(=O)c1cnnn1C. The van der Waals surface area contributed by atoms with Gasteiger partial charge in [0.2, 0.25) is 5.78 Å². The third kappa shape index (κ3) is 1.42. The minimum absolute atomic E-state index is 0.0874. The first-order valence-electron chi connectivity index (χ1n) is 4.92. The van der Waals surface area contributed by atoms with Crippen molar-refractivity contribution < 1.29 is 4.79 Å². The van der Waals surface area contributed by atoms with E-state index in [0.717, 1.165) is 11.4 Å². The van der Waals surface area contributed by atoms with Crippen molar-refractivity contribution in [3.63, 3.8) is 0 Å². The van der Waals surface area contributed by atoms with E-state index in [4.69, 9.17) is 0 Å². The molecule has 0 aliphatic heterocycles. The number of hydrogen-bond donors (Lipinski definition) is 0. The summed E-state index contributed by atoms with van der Waals surface area (Å²) in [6.07, 6.45) is 1.47. The summed E-state index contributed by atoms with van der Waals surface area (Å²) in [4.78, 5) is 12.2. The second-order valence-electron chi connectivity index (χ2n) is 3.74. The Labute approximate surface area is 92.9 Å². The van der Waals surface area contributed by atoms with Crippen LogP contribution in [0, 0.1) is 13.8 Å². The molecule has 0 saturated carbocycles. The van der Waals surface area contributed by atoms with Crippen molar-refractivity contribution >= 4 is 5.78 Å². The zero-order chi connectivity index (χ0) is 11.9. The summed E-state index contributed by atoms with van der Waals surface area (Å²) in [6.45, 7) is 3.70. The van der Waals surface area contributed by atoms with Crippen LogP contribution in [0.5, 0.6) is 0 Å². The molecule has 0 atom stereocenters. The molecule has 0 N–H and O–H groups in total. The second-order valence-corrected chi connectivity index (χ2v) is 3.74. The van der Waals surface area contributed by atoms with E-state index in [1.165, 1.54) is 10.9 Å². The quantitative estimate of drug-likeness (QED) is 0.685. The Bertz CT molecular complexity index is 552. The molecular formula is C10H13N5O. The first kappa shape index (κ1) is 10.5. The van der Waals surface area contributed by atoms with Crippen LogP contribution in [0.1, 0.15) is 27.4 Å². The minimum atomic E-state index is -0.0874. The maximum atomic E-state index is 12.2. The topological polar surface area (TPSA) is 65.6 Å². The molecule has 0 aliphatic rings. The minimum Gasteiger partial charge on any atom is -0.287 e. The Hall–Kier alpha value is -1.98. The van der Waals surface area contributed by atoms with Gasteiger partial charge in [-0.25, -0.2) is 4.68 Å². The molecule has 0 bridgehead atoms. The predicted octanol–water partition coefficient (Wildman–Crippen LogP) is 0.396. The Morgan fingerprint density at radius 1 is 1.25 bits per heavy atom. The average Bonchev–Trinajstić information content (AvgIpc) is 2.73. The maximum Gasteiger partial charge on any atom is 0.216 e. The van der Waals surface area contributed by atoms with Crippen molar-refractivity contribution in [1.82, 2.24) is 24.8 Å². The lowest BCUT2D eigenvalue weighted by atomic mass is 10.1. The van der Waals surface area contributed by atoms with Gasteiger partial charge in [-0.15, -0.1) is 5.10 Å². The van der Waals surface area contributed by atoms with Gasteiger partial charge in [-0.05, 0) is 13.8 Å². The molecule has 6 nitrogen and oxygen atoms in total. The molecule has 0 spiro atoms. The van der Waals surface area contributed by atoms with E-state index in [1.54, 1.807) is 11.7 Å². The molecule has 0 fully saturated rings. The molecule has 0 amide bonds. The van der Waals surface area contributed by atoms with Gasteiger partial charge in [-0.2, -0.15) is 5.10 Å². The number of ketones is 1. The van der Waals surface area contributed by atoms with Crippen LogP contribution in [0.2, 0.25) is 0 Å². The summed E-state index contributed by atoms with van der Waals surface area (Å²) in [5.41, 5.74) is 2.68. The van der Waals surface area contributed by atoms with E-state index in [2.05, 4.69) is 15.4 Å². The fourth-order valence-electron chi connectivity index (χ4n) is 1.73. The number of nitrogens with zero attached hydrogens (tertiary/aromatic N) is 5. The summed E-state index contributed by atoms with van der Waals surface area (Å²) in [7, 11) is 3.52. The standard InChI is InChI=1S/C10H13N5O/c1-6-9(7(2)14(3)12-6)10(16)8-5-11-13-15(8)4/h5H,1-4H3. The van der Waals surface area contributed by atoms with Crippen LogP contribution in [0.3, 0.4) is 0 Å². The maximum absolute atomic E-state index is 12.2. The number of carbonyl (C=O) groups excluding carboxylic acids is 1. The third-order valence-corrected chi connectivity index (χ3v) is 2.68. The number of aryl methyl sites for hydroxylation is 3. The highest BCUT2D eigenvalue weighted by atomic mass is 16.1. The van der Waals surface area contributed by atoms with Gasteiger partial charge < -0.3 is 0 Å². The van der Waals surface area contributed by atoms with Gasteiger partial charge in [-0.3, -0.25) is 9.48 Å². The van der Waals surface area contributed by atoms with Crippen LogP contribution in [0.25, 0.3) is 0 Å². The second kappa shape index (κ2) is 3.55. The lowest BCUT2D eigenvalue weighted by molar-refractivity contribution is 0.102. The molecule has 0 radical (unpaired) electrons. The summed E-state index contributed by atoms with van der Waals surface area (Å²) >= 11 is 0. The summed E-state index contributed by atoms with van der Waals surface area (Å²) in [5.74, 6) is -0.0874. The predicted molar refractivity (Wildman–Crippen MR) is 57.1 cm³/mol. The van der Waals surface area contributed by atoms with E-state index in [-0.39, 0.29) is 5.78 Å². The Balaban J connectivity index is 2.54. The van der Waals surface area contributed by atoms with Crippen LogP contribution in [-0.2, 0) is 14.1 Å². The van der Waals surface area contributed by atoms with E-state index >= 15 is 0 Å². The van der Waals surface area contributed by atoms with Crippen molar-refractivity contribution in [2.24, 2.45) is 14.1 Å². The third-order valence-electron chi connectivity index (χ3n) is 2.68. The number of rotatable bonds is 2. The lowest BCUT2D eigenvalue weighted by Crippen LogP contribution is -2.10. The Morgan fingerprint density at radius 3 is 2.38 bits per heavy atom. The van der Waals surface area contributed by atoms with Crippen LogP contribution in [0.4, 0.5) is 0 Å². The van der Waals surface area contributed by atoms with Crippen LogP contribution in [0.15, 0.2) is 6.20 Å². The summed E-state index contributed by atoms with van der Waals surface area (Å²) < 4.78 is 3.17. The number of aromatic nitrogens is 5. The number of hydrogen-bond acceptors (Lipinski definition) is 4. The number of carbonyl (C=O) groups is 1. The zero-order valence-electron chi connectivity index (χ0n) is 9.72. The molecule has 16 heavy (non-hydrogen) atoms. The summed E-state index contributed by atoms with van der Waals surface area (Å²) in [6, 6.07) is 0. The van der Waals surface area contributed by atoms with Gasteiger partial charge in [0.1, 0.15) is 5.69 Å². The largest absolute Gasteiger partial charge is 0.287 e. The van der Waals surface area contributed by atoms with E-state index < -0.39 is 0 Å². The van der Waals surface area contributed by atoms with Crippen molar-refractivity contribution in [2.45, 2.75) is 13.8 Å². The smallest absolute Gasteiger partial charge is 0.216 e. The highest BCUT2D eigenvalue weighted by Crippen LogP contribution is 2.16. The average molecular weight is 219 g/mol. The molecule has 0 unspecified atom stereocenters. The van der Waals surface area contributed by atoms with Gasteiger partial charge in [0.25, 0.3) is 0 Å². The summed E-state index contributed by atoms with van der Waals surface area (Å²) in [5, 5.41) is 11.7. The molecule has 2 aromatic rings. The first-order chi connectivity index (χ1) is 7.52. The van der Waals surface area contributed by atoms with Crippen molar-refractivity contribution in [1.29, 1.82) is 0 Å². The molecule has 0 aliphatic carbocycles. The van der Waals surface area contributed by atoms with Gasteiger partial charge in [0.05, 0.1) is 17.5 Å².